The van der Waals surface area contributed by atoms with Crippen LogP contribution < -0.4 is 0 Å². The van der Waals surface area contributed by atoms with Crippen molar-refractivity contribution < 1.29 is 4.74 Å². The molecule has 0 spiro atoms. The first-order valence-corrected chi connectivity index (χ1v) is 9.76. The van der Waals surface area contributed by atoms with E-state index in [1.165, 1.54) is 75.3 Å². The maximum absolute atomic E-state index is 5.67. The predicted octanol–water partition coefficient (Wildman–Crippen LogP) is 6.56. The minimum absolute atomic E-state index is 0.365. The van der Waals surface area contributed by atoms with E-state index in [1.807, 2.05) is 0 Å². The van der Waals surface area contributed by atoms with Gasteiger partial charge in [-0.25, -0.2) is 0 Å². The summed E-state index contributed by atoms with van der Waals surface area (Å²) in [5, 5.41) is 0. The van der Waals surface area contributed by atoms with E-state index in [-0.39, 0.29) is 0 Å². The number of unbranched alkanes of at least 4 members (excludes halogenated alkanes) is 6. The van der Waals surface area contributed by atoms with Gasteiger partial charge in [-0.3, -0.25) is 0 Å². The highest BCUT2D eigenvalue weighted by molar-refractivity contribution is 5.50. The van der Waals surface area contributed by atoms with Crippen LogP contribution in [0.15, 0.2) is 30.3 Å². The Hall–Kier alpha value is -1.08. The molecule has 0 aliphatic carbocycles. The average molecular weight is 315 g/mol. The lowest BCUT2D eigenvalue weighted by Gasteiger charge is -2.02. The number of aryl methyl sites for hydroxylation is 1. The zero-order valence-electron chi connectivity index (χ0n) is 15.1. The second-order valence-electron chi connectivity index (χ2n) is 6.90. The first-order valence-electron chi connectivity index (χ1n) is 9.76. The Kier molecular flexibility index (Phi) is 8.46. The van der Waals surface area contributed by atoms with Crippen LogP contribution in [0.4, 0.5) is 0 Å². The molecule has 2 unspecified atom stereocenters. The third-order valence-corrected chi connectivity index (χ3v) is 4.74. The fourth-order valence-corrected chi connectivity index (χ4v) is 3.07. The number of rotatable bonds is 12. The van der Waals surface area contributed by atoms with Gasteiger partial charge in [-0.15, -0.1) is 0 Å². The van der Waals surface area contributed by atoms with E-state index < -0.39 is 0 Å². The highest BCUT2D eigenvalue weighted by Gasteiger charge is 2.35. The van der Waals surface area contributed by atoms with E-state index in [2.05, 4.69) is 50.3 Å². The molecular formula is C22H34O. The molecule has 1 aromatic rings. The van der Waals surface area contributed by atoms with Crippen molar-refractivity contribution in [2.24, 2.45) is 0 Å². The van der Waals surface area contributed by atoms with Gasteiger partial charge in [0.15, 0.2) is 0 Å². The summed E-state index contributed by atoms with van der Waals surface area (Å²) < 4.78 is 5.67. The molecule has 1 aliphatic rings. The minimum Gasteiger partial charge on any atom is -0.365 e. The molecule has 128 valence electrons. The quantitative estimate of drug-likeness (QED) is 0.314. The summed E-state index contributed by atoms with van der Waals surface area (Å²) in [6.45, 7) is 4.51. The van der Waals surface area contributed by atoms with Gasteiger partial charge >= 0.3 is 0 Å². The fraction of sp³-hybridized carbons (Fsp3) is 0.636. The summed E-state index contributed by atoms with van der Waals surface area (Å²) in [5.74, 6) is 0. The molecule has 0 saturated carbocycles. The maximum atomic E-state index is 5.67. The molecule has 1 fully saturated rings. The molecule has 2 atom stereocenters. The minimum atomic E-state index is 0.365. The van der Waals surface area contributed by atoms with Gasteiger partial charge in [0.2, 0.25) is 0 Å². The molecule has 2 rings (SSSR count). The molecule has 1 heterocycles. The largest absolute Gasteiger partial charge is 0.365 e. The Morgan fingerprint density at radius 3 is 2.30 bits per heavy atom. The van der Waals surface area contributed by atoms with Crippen LogP contribution in [0.25, 0.3) is 6.08 Å². The van der Waals surface area contributed by atoms with Gasteiger partial charge in [0.1, 0.15) is 6.10 Å². The van der Waals surface area contributed by atoms with Crippen molar-refractivity contribution >= 4 is 6.08 Å². The SMILES string of the molecule is CCCCCCCCc1ccc(C=CC2OC2CCCC)cc1. The van der Waals surface area contributed by atoms with Crippen molar-refractivity contribution in [2.45, 2.75) is 90.3 Å². The summed E-state index contributed by atoms with van der Waals surface area (Å²) in [4.78, 5) is 0. The second kappa shape index (κ2) is 10.6. The molecule has 0 aromatic heterocycles. The summed E-state index contributed by atoms with van der Waals surface area (Å²) in [7, 11) is 0. The van der Waals surface area contributed by atoms with Gasteiger partial charge < -0.3 is 4.74 Å². The molecule has 0 N–H and O–H groups in total. The standard InChI is InChI=1S/C22H34O/c1-3-5-7-8-9-10-11-19-13-15-20(16-14-19)17-18-22-21(23-22)12-6-4-2/h13-18,21-22H,3-12H2,1-2H3. The van der Waals surface area contributed by atoms with Crippen LogP contribution in [-0.4, -0.2) is 12.2 Å². The molecule has 23 heavy (non-hydrogen) atoms. The molecule has 1 aliphatic heterocycles. The van der Waals surface area contributed by atoms with Gasteiger partial charge in [-0.2, -0.15) is 0 Å². The molecule has 1 heteroatoms. The van der Waals surface area contributed by atoms with Crippen molar-refractivity contribution in [3.05, 3.63) is 41.5 Å². The number of epoxide rings is 1. The predicted molar refractivity (Wildman–Crippen MR) is 101 cm³/mol. The Bertz CT molecular complexity index is 446. The average Bonchev–Trinajstić information content (AvgIpc) is 3.34. The summed E-state index contributed by atoms with van der Waals surface area (Å²) >= 11 is 0. The van der Waals surface area contributed by atoms with Crippen LogP contribution in [0.1, 0.15) is 82.8 Å². The van der Waals surface area contributed by atoms with Crippen LogP contribution in [0.3, 0.4) is 0 Å². The van der Waals surface area contributed by atoms with E-state index in [1.54, 1.807) is 0 Å². The Morgan fingerprint density at radius 2 is 1.57 bits per heavy atom. The topological polar surface area (TPSA) is 12.5 Å². The first kappa shape index (κ1) is 18.3. The normalized spacial score (nSPS) is 20.3. The van der Waals surface area contributed by atoms with E-state index in [0.29, 0.717) is 12.2 Å². The molecule has 0 radical (unpaired) electrons. The third kappa shape index (κ3) is 7.35. The van der Waals surface area contributed by atoms with Gasteiger partial charge in [-0.05, 0) is 30.4 Å². The number of hydrogen-bond acceptors (Lipinski definition) is 1. The van der Waals surface area contributed by atoms with Crippen molar-refractivity contribution in [1.29, 1.82) is 0 Å². The zero-order valence-corrected chi connectivity index (χ0v) is 15.1. The second-order valence-corrected chi connectivity index (χ2v) is 6.90. The van der Waals surface area contributed by atoms with Crippen molar-refractivity contribution in [1.82, 2.24) is 0 Å². The van der Waals surface area contributed by atoms with Crippen LogP contribution in [-0.2, 0) is 11.2 Å². The van der Waals surface area contributed by atoms with Gasteiger partial charge in [0.25, 0.3) is 0 Å². The van der Waals surface area contributed by atoms with Crippen LogP contribution in [0.2, 0.25) is 0 Å². The number of benzene rings is 1. The Balaban J connectivity index is 1.63. The summed E-state index contributed by atoms with van der Waals surface area (Å²) in [6.07, 6.45) is 18.5. The van der Waals surface area contributed by atoms with Gasteiger partial charge in [0, 0.05) is 0 Å². The van der Waals surface area contributed by atoms with Crippen molar-refractivity contribution in [3.8, 4) is 0 Å². The maximum Gasteiger partial charge on any atom is 0.103 e. The smallest absolute Gasteiger partial charge is 0.103 e. The monoisotopic (exact) mass is 314 g/mol. The molecule has 1 nitrogen and oxygen atoms in total. The van der Waals surface area contributed by atoms with Crippen LogP contribution in [0.5, 0.6) is 0 Å². The molecule has 0 amide bonds. The molecule has 0 bridgehead atoms. The molecular weight excluding hydrogens is 280 g/mol. The zero-order chi connectivity index (χ0) is 16.3. The lowest BCUT2D eigenvalue weighted by molar-refractivity contribution is 0.375. The van der Waals surface area contributed by atoms with E-state index in [4.69, 9.17) is 4.74 Å². The molecule has 1 saturated heterocycles. The van der Waals surface area contributed by atoms with E-state index in [0.717, 1.165) is 0 Å². The van der Waals surface area contributed by atoms with Gasteiger partial charge in [-0.1, -0.05) is 95.2 Å². The third-order valence-electron chi connectivity index (χ3n) is 4.74. The lowest BCUT2D eigenvalue weighted by Crippen LogP contribution is -1.90. The Morgan fingerprint density at radius 1 is 0.870 bits per heavy atom. The fourth-order valence-electron chi connectivity index (χ4n) is 3.07. The van der Waals surface area contributed by atoms with E-state index >= 15 is 0 Å². The highest BCUT2D eigenvalue weighted by atomic mass is 16.6. The number of ether oxygens (including phenoxy) is 1. The van der Waals surface area contributed by atoms with Crippen LogP contribution >= 0.6 is 0 Å². The number of hydrogen-bond donors (Lipinski definition) is 0. The van der Waals surface area contributed by atoms with Crippen LogP contribution in [0, 0.1) is 0 Å². The first-order chi connectivity index (χ1) is 11.3. The highest BCUT2D eigenvalue weighted by Crippen LogP contribution is 2.28. The Labute approximate surface area is 143 Å². The lowest BCUT2D eigenvalue weighted by atomic mass is 10.0. The summed E-state index contributed by atoms with van der Waals surface area (Å²) in [6, 6.07) is 9.06. The van der Waals surface area contributed by atoms with Gasteiger partial charge in [0.05, 0.1) is 6.10 Å². The van der Waals surface area contributed by atoms with E-state index in [9.17, 15) is 0 Å². The van der Waals surface area contributed by atoms with Crippen molar-refractivity contribution in [3.63, 3.8) is 0 Å². The molecule has 1 aromatic carbocycles. The summed E-state index contributed by atoms with van der Waals surface area (Å²) in [5.41, 5.74) is 2.77. The van der Waals surface area contributed by atoms with Crippen molar-refractivity contribution in [2.75, 3.05) is 0 Å².